The minimum atomic E-state index is 0.201. The van der Waals surface area contributed by atoms with E-state index in [1.807, 2.05) is 7.05 Å². The molecular weight excluding hydrogens is 180 g/mol. The number of rotatable bonds is 4. The van der Waals surface area contributed by atoms with Crippen molar-refractivity contribution in [1.29, 1.82) is 0 Å². The zero-order chi connectivity index (χ0) is 9.97. The molecule has 2 N–H and O–H groups in total. The van der Waals surface area contributed by atoms with Crippen LogP contribution in [0, 0.1) is 0 Å². The molecule has 0 aliphatic carbocycles. The predicted molar refractivity (Wildman–Crippen MR) is 54.3 cm³/mol. The van der Waals surface area contributed by atoms with Crippen LogP contribution in [0.4, 0.5) is 0 Å². The largest absolute Gasteiger partial charge is 0.395 e. The Bertz CT molecular complexity index is 173. The number of ether oxygens (including phenoxy) is 1. The second kappa shape index (κ2) is 4.57. The van der Waals surface area contributed by atoms with Gasteiger partial charge in [0.1, 0.15) is 0 Å². The van der Waals surface area contributed by atoms with Gasteiger partial charge in [-0.05, 0) is 19.9 Å². The molecule has 2 heterocycles. The third-order valence-electron chi connectivity index (χ3n) is 3.23. The van der Waals surface area contributed by atoms with Crippen LogP contribution in [0.3, 0.4) is 0 Å². The second-order valence-electron chi connectivity index (χ2n) is 4.34. The fourth-order valence-electron chi connectivity index (χ4n) is 2.40. The van der Waals surface area contributed by atoms with Crippen LogP contribution in [-0.2, 0) is 4.74 Å². The maximum Gasteiger partial charge on any atom is 0.0707 e. The summed E-state index contributed by atoms with van der Waals surface area (Å²) in [5, 5.41) is 12.2. The van der Waals surface area contributed by atoms with Crippen LogP contribution in [0.25, 0.3) is 0 Å². The Morgan fingerprint density at radius 3 is 2.57 bits per heavy atom. The molecule has 0 saturated carbocycles. The van der Waals surface area contributed by atoms with Gasteiger partial charge in [0.25, 0.3) is 0 Å². The first-order valence-corrected chi connectivity index (χ1v) is 5.47. The van der Waals surface area contributed by atoms with E-state index >= 15 is 0 Å². The van der Waals surface area contributed by atoms with E-state index in [4.69, 9.17) is 9.84 Å². The average molecular weight is 200 g/mol. The highest BCUT2D eigenvalue weighted by molar-refractivity contribution is 4.86. The SMILES string of the molecule is CNC(CO)CN1CC2CCC(C1)O2. The van der Waals surface area contributed by atoms with Gasteiger partial charge in [-0.25, -0.2) is 0 Å². The van der Waals surface area contributed by atoms with E-state index in [-0.39, 0.29) is 12.6 Å². The van der Waals surface area contributed by atoms with Gasteiger partial charge in [-0.3, -0.25) is 4.90 Å². The van der Waals surface area contributed by atoms with Gasteiger partial charge in [0.05, 0.1) is 18.8 Å². The number of morpholine rings is 1. The molecule has 0 amide bonds. The molecule has 0 spiro atoms. The predicted octanol–water partition coefficient (Wildman–Crippen LogP) is -0.570. The number of aliphatic hydroxyl groups is 1. The van der Waals surface area contributed by atoms with Crippen LogP contribution < -0.4 is 5.32 Å². The van der Waals surface area contributed by atoms with Crippen molar-refractivity contribution in [1.82, 2.24) is 10.2 Å². The van der Waals surface area contributed by atoms with E-state index in [1.54, 1.807) is 0 Å². The Balaban J connectivity index is 1.81. The zero-order valence-corrected chi connectivity index (χ0v) is 8.78. The molecule has 0 aromatic carbocycles. The van der Waals surface area contributed by atoms with Gasteiger partial charge in [-0.2, -0.15) is 0 Å². The second-order valence-corrected chi connectivity index (χ2v) is 4.34. The minimum absolute atomic E-state index is 0.201. The molecule has 82 valence electrons. The molecule has 2 bridgehead atoms. The zero-order valence-electron chi connectivity index (χ0n) is 8.78. The Kier molecular flexibility index (Phi) is 3.38. The maximum absolute atomic E-state index is 9.08. The smallest absolute Gasteiger partial charge is 0.0707 e. The van der Waals surface area contributed by atoms with Gasteiger partial charge in [-0.1, -0.05) is 0 Å². The molecule has 3 unspecified atom stereocenters. The van der Waals surface area contributed by atoms with Crippen molar-refractivity contribution in [2.75, 3.05) is 33.3 Å². The summed E-state index contributed by atoms with van der Waals surface area (Å²) in [4.78, 5) is 2.41. The van der Waals surface area contributed by atoms with E-state index in [9.17, 15) is 0 Å². The molecule has 4 heteroatoms. The van der Waals surface area contributed by atoms with Gasteiger partial charge in [0.15, 0.2) is 0 Å². The van der Waals surface area contributed by atoms with Crippen molar-refractivity contribution >= 4 is 0 Å². The van der Waals surface area contributed by atoms with E-state index in [0.717, 1.165) is 19.6 Å². The summed E-state index contributed by atoms with van der Waals surface area (Å²) in [6.07, 6.45) is 3.32. The van der Waals surface area contributed by atoms with E-state index in [2.05, 4.69) is 10.2 Å². The molecule has 2 saturated heterocycles. The third kappa shape index (κ3) is 2.25. The highest BCUT2D eigenvalue weighted by Gasteiger charge is 2.33. The highest BCUT2D eigenvalue weighted by atomic mass is 16.5. The quantitative estimate of drug-likeness (QED) is 0.638. The summed E-state index contributed by atoms with van der Waals surface area (Å²) in [6.45, 7) is 3.22. The molecule has 0 radical (unpaired) electrons. The Hall–Kier alpha value is -0.160. The summed E-state index contributed by atoms with van der Waals surface area (Å²) >= 11 is 0. The van der Waals surface area contributed by atoms with Crippen molar-refractivity contribution in [3.63, 3.8) is 0 Å². The lowest BCUT2D eigenvalue weighted by molar-refractivity contribution is -0.0419. The number of fused-ring (bicyclic) bond motifs is 2. The fraction of sp³-hybridized carbons (Fsp3) is 1.00. The van der Waals surface area contributed by atoms with E-state index < -0.39 is 0 Å². The first kappa shape index (κ1) is 10.4. The topological polar surface area (TPSA) is 44.7 Å². The maximum atomic E-state index is 9.08. The third-order valence-corrected chi connectivity index (χ3v) is 3.23. The molecule has 14 heavy (non-hydrogen) atoms. The van der Waals surface area contributed by atoms with Crippen LogP contribution in [-0.4, -0.2) is 61.5 Å². The number of likely N-dealkylation sites (tertiary alicyclic amines) is 1. The van der Waals surface area contributed by atoms with Crippen LogP contribution >= 0.6 is 0 Å². The summed E-state index contributed by atoms with van der Waals surface area (Å²) in [5.41, 5.74) is 0. The average Bonchev–Trinajstić information content (AvgIpc) is 2.55. The number of hydrogen-bond donors (Lipinski definition) is 2. The number of nitrogens with one attached hydrogen (secondary N) is 1. The van der Waals surface area contributed by atoms with Crippen LogP contribution in [0.15, 0.2) is 0 Å². The van der Waals surface area contributed by atoms with Crippen LogP contribution in [0.5, 0.6) is 0 Å². The fourth-order valence-corrected chi connectivity index (χ4v) is 2.40. The molecule has 2 aliphatic rings. The Morgan fingerprint density at radius 2 is 2.07 bits per heavy atom. The highest BCUT2D eigenvalue weighted by Crippen LogP contribution is 2.25. The normalized spacial score (nSPS) is 34.7. The number of likely N-dealkylation sites (N-methyl/N-ethyl adjacent to an activating group) is 1. The van der Waals surface area contributed by atoms with Crippen molar-refractivity contribution in [2.45, 2.75) is 31.1 Å². The number of aliphatic hydroxyl groups excluding tert-OH is 1. The monoisotopic (exact) mass is 200 g/mol. The molecular formula is C10H20N2O2. The number of hydrogen-bond acceptors (Lipinski definition) is 4. The van der Waals surface area contributed by atoms with Gasteiger partial charge < -0.3 is 15.2 Å². The summed E-state index contributed by atoms with van der Waals surface area (Å²) in [5.74, 6) is 0. The molecule has 3 atom stereocenters. The van der Waals surface area contributed by atoms with Crippen LogP contribution in [0.2, 0.25) is 0 Å². The summed E-state index contributed by atoms with van der Waals surface area (Å²) < 4.78 is 5.75. The lowest BCUT2D eigenvalue weighted by Gasteiger charge is -2.34. The molecule has 0 aromatic rings. The molecule has 2 fully saturated rings. The van der Waals surface area contributed by atoms with Crippen molar-refractivity contribution in [3.05, 3.63) is 0 Å². The van der Waals surface area contributed by atoms with Crippen molar-refractivity contribution < 1.29 is 9.84 Å². The molecule has 2 rings (SSSR count). The standard InChI is InChI=1S/C10H20N2O2/c1-11-8(7-13)4-12-5-9-2-3-10(6-12)14-9/h8-11,13H,2-7H2,1H3. The van der Waals surface area contributed by atoms with E-state index in [0.29, 0.717) is 12.2 Å². The van der Waals surface area contributed by atoms with Gasteiger partial charge >= 0.3 is 0 Å². The molecule has 4 nitrogen and oxygen atoms in total. The molecule has 2 aliphatic heterocycles. The first-order chi connectivity index (χ1) is 6.81. The lowest BCUT2D eigenvalue weighted by Crippen LogP contribution is -2.49. The van der Waals surface area contributed by atoms with E-state index in [1.165, 1.54) is 12.8 Å². The Morgan fingerprint density at radius 1 is 1.43 bits per heavy atom. The van der Waals surface area contributed by atoms with Crippen LogP contribution in [0.1, 0.15) is 12.8 Å². The van der Waals surface area contributed by atoms with Gasteiger partial charge in [0.2, 0.25) is 0 Å². The summed E-state index contributed by atoms with van der Waals surface area (Å²) in [7, 11) is 1.90. The van der Waals surface area contributed by atoms with Gasteiger partial charge in [-0.15, -0.1) is 0 Å². The Labute approximate surface area is 85.2 Å². The van der Waals surface area contributed by atoms with Crippen molar-refractivity contribution in [3.8, 4) is 0 Å². The molecule has 0 aromatic heterocycles. The number of nitrogens with zero attached hydrogens (tertiary/aromatic N) is 1. The first-order valence-electron chi connectivity index (χ1n) is 5.47. The van der Waals surface area contributed by atoms with Crippen molar-refractivity contribution in [2.24, 2.45) is 0 Å². The summed E-state index contributed by atoms with van der Waals surface area (Å²) in [6, 6.07) is 0.201. The minimum Gasteiger partial charge on any atom is -0.395 e. The van der Waals surface area contributed by atoms with Gasteiger partial charge in [0, 0.05) is 25.7 Å². The lowest BCUT2D eigenvalue weighted by atomic mass is 10.2.